The van der Waals surface area contributed by atoms with E-state index in [9.17, 15) is 14.0 Å². The number of carbonyl (C=O) groups excluding carboxylic acids is 2. The van der Waals surface area contributed by atoms with Crippen LogP contribution in [-0.2, 0) is 4.74 Å². The van der Waals surface area contributed by atoms with Crippen LogP contribution in [-0.4, -0.2) is 29.8 Å². The topological polar surface area (TPSA) is 70.7 Å². The molecule has 3 amide bonds. The van der Waals surface area contributed by atoms with Crippen molar-refractivity contribution in [3.63, 3.8) is 0 Å². The Balaban J connectivity index is 2.58. The Labute approximate surface area is 130 Å². The maximum Gasteiger partial charge on any atom is 0.426 e. The first-order valence-corrected chi connectivity index (χ1v) is 6.87. The molecule has 116 valence electrons. The van der Waals surface area contributed by atoms with Crippen molar-refractivity contribution in [2.75, 3.05) is 12.4 Å². The molecule has 0 saturated heterocycles. The second-order valence-corrected chi connectivity index (χ2v) is 6.09. The van der Waals surface area contributed by atoms with Crippen LogP contribution in [0.5, 0.6) is 0 Å². The number of benzene rings is 1. The van der Waals surface area contributed by atoms with Gasteiger partial charge in [0.25, 0.3) is 0 Å². The number of anilines is 1. The summed E-state index contributed by atoms with van der Waals surface area (Å²) in [6, 6.07) is 3.50. The molecule has 0 heterocycles. The van der Waals surface area contributed by atoms with Gasteiger partial charge in [-0.1, -0.05) is 0 Å². The number of urea groups is 1. The molecule has 0 radical (unpaired) electrons. The monoisotopic (exact) mass is 361 g/mol. The lowest BCUT2D eigenvalue weighted by Crippen LogP contribution is -2.47. The lowest BCUT2D eigenvalue weighted by Gasteiger charge is -2.23. The largest absolute Gasteiger partial charge is 0.443 e. The van der Waals surface area contributed by atoms with Gasteiger partial charge in [-0.3, -0.25) is 0 Å². The van der Waals surface area contributed by atoms with Gasteiger partial charge >= 0.3 is 12.1 Å². The molecule has 8 heteroatoms. The van der Waals surface area contributed by atoms with E-state index >= 15 is 0 Å². The molecule has 0 saturated carbocycles. The van der Waals surface area contributed by atoms with Crippen molar-refractivity contribution in [3.05, 3.63) is 28.5 Å². The highest BCUT2D eigenvalue weighted by atomic mass is 79.9. The van der Waals surface area contributed by atoms with Crippen LogP contribution < -0.4 is 10.7 Å². The Bertz CT molecular complexity index is 546. The zero-order chi connectivity index (χ0) is 16.2. The lowest BCUT2D eigenvalue weighted by molar-refractivity contribution is 0.0412. The molecule has 0 aliphatic rings. The van der Waals surface area contributed by atoms with Gasteiger partial charge in [-0.05, 0) is 54.9 Å². The highest BCUT2D eigenvalue weighted by Gasteiger charge is 2.19. The van der Waals surface area contributed by atoms with Crippen LogP contribution in [0.3, 0.4) is 0 Å². The summed E-state index contributed by atoms with van der Waals surface area (Å²) in [4.78, 5) is 23.3. The number of amides is 3. The van der Waals surface area contributed by atoms with Crippen LogP contribution in [0.4, 0.5) is 19.7 Å². The number of hydrazine groups is 1. The second-order valence-electron chi connectivity index (χ2n) is 5.23. The molecule has 0 aliphatic carbocycles. The number of halogens is 2. The van der Waals surface area contributed by atoms with Crippen molar-refractivity contribution in [3.8, 4) is 0 Å². The summed E-state index contributed by atoms with van der Waals surface area (Å²) in [5.41, 5.74) is 1.83. The standard InChI is InChI=1S/C13H17BrFN3O3/c1-13(2,3)21-12(20)17-18(4)11(19)16-8-5-6-9(14)10(15)7-8/h5-7H,1-4H3,(H,16,19)(H,17,20). The maximum atomic E-state index is 13.3. The first kappa shape index (κ1) is 17.2. The van der Waals surface area contributed by atoms with Crippen LogP contribution in [0.2, 0.25) is 0 Å². The fourth-order valence-corrected chi connectivity index (χ4v) is 1.52. The Morgan fingerprint density at radius 3 is 2.48 bits per heavy atom. The Morgan fingerprint density at radius 2 is 1.95 bits per heavy atom. The third-order valence-corrected chi connectivity index (χ3v) is 2.78. The maximum absolute atomic E-state index is 13.3. The van der Waals surface area contributed by atoms with E-state index in [0.717, 1.165) is 11.1 Å². The molecule has 0 bridgehead atoms. The molecule has 21 heavy (non-hydrogen) atoms. The molecule has 1 aromatic carbocycles. The lowest BCUT2D eigenvalue weighted by atomic mass is 10.2. The summed E-state index contributed by atoms with van der Waals surface area (Å²) in [6.07, 6.45) is -0.762. The predicted octanol–water partition coefficient (Wildman–Crippen LogP) is 3.49. The van der Waals surface area contributed by atoms with Gasteiger partial charge in [-0.15, -0.1) is 0 Å². The zero-order valence-electron chi connectivity index (χ0n) is 12.2. The number of ether oxygens (including phenoxy) is 1. The molecule has 0 unspecified atom stereocenters. The first-order chi connectivity index (χ1) is 9.58. The third-order valence-electron chi connectivity index (χ3n) is 2.13. The number of hydrogen-bond acceptors (Lipinski definition) is 3. The normalized spacial score (nSPS) is 10.8. The Hall–Kier alpha value is -1.83. The molecular weight excluding hydrogens is 345 g/mol. The van der Waals surface area contributed by atoms with Crippen molar-refractivity contribution in [2.24, 2.45) is 0 Å². The number of carbonyl (C=O) groups is 2. The van der Waals surface area contributed by atoms with Gasteiger partial charge in [0.05, 0.1) is 4.47 Å². The Kier molecular flexibility index (Phi) is 5.54. The SMILES string of the molecule is CN(NC(=O)OC(C)(C)C)C(=O)Nc1ccc(Br)c(F)c1. The fourth-order valence-electron chi connectivity index (χ4n) is 1.27. The minimum absolute atomic E-state index is 0.263. The van der Waals surface area contributed by atoms with E-state index in [-0.39, 0.29) is 5.69 Å². The van der Waals surface area contributed by atoms with Crippen molar-refractivity contribution >= 4 is 33.7 Å². The Morgan fingerprint density at radius 1 is 1.33 bits per heavy atom. The molecule has 2 N–H and O–H groups in total. The van der Waals surface area contributed by atoms with E-state index in [0.29, 0.717) is 4.47 Å². The van der Waals surface area contributed by atoms with E-state index in [4.69, 9.17) is 4.74 Å². The second kappa shape index (κ2) is 6.75. The van der Waals surface area contributed by atoms with Crippen molar-refractivity contribution in [2.45, 2.75) is 26.4 Å². The number of hydrogen-bond donors (Lipinski definition) is 2. The summed E-state index contributed by atoms with van der Waals surface area (Å²) in [6.45, 7) is 5.12. The molecular formula is C13H17BrFN3O3. The zero-order valence-corrected chi connectivity index (χ0v) is 13.7. The van der Waals surface area contributed by atoms with Gasteiger partial charge in [0.1, 0.15) is 11.4 Å². The molecule has 1 aromatic rings. The van der Waals surface area contributed by atoms with Gasteiger partial charge in [0, 0.05) is 12.7 Å². The van der Waals surface area contributed by atoms with E-state index in [1.54, 1.807) is 20.8 Å². The average molecular weight is 362 g/mol. The van der Waals surface area contributed by atoms with Gasteiger partial charge in [-0.25, -0.2) is 24.4 Å². The first-order valence-electron chi connectivity index (χ1n) is 6.08. The number of nitrogens with zero attached hydrogens (tertiary/aromatic N) is 1. The van der Waals surface area contributed by atoms with Crippen LogP contribution in [0, 0.1) is 5.82 Å². The smallest absolute Gasteiger partial charge is 0.426 e. The molecule has 0 spiro atoms. The highest BCUT2D eigenvalue weighted by Crippen LogP contribution is 2.19. The van der Waals surface area contributed by atoms with Gasteiger partial charge in [0.15, 0.2) is 0 Å². The van der Waals surface area contributed by atoms with Crippen LogP contribution in [0.25, 0.3) is 0 Å². The van der Waals surface area contributed by atoms with E-state index < -0.39 is 23.5 Å². The average Bonchev–Trinajstić information content (AvgIpc) is 2.31. The van der Waals surface area contributed by atoms with Crippen molar-refractivity contribution < 1.29 is 18.7 Å². The third kappa shape index (κ3) is 5.99. The van der Waals surface area contributed by atoms with E-state index in [2.05, 4.69) is 26.7 Å². The van der Waals surface area contributed by atoms with Crippen LogP contribution in [0.15, 0.2) is 22.7 Å². The van der Waals surface area contributed by atoms with Gasteiger partial charge in [-0.2, -0.15) is 0 Å². The summed E-state index contributed by atoms with van der Waals surface area (Å²) >= 11 is 3.01. The molecule has 0 atom stereocenters. The van der Waals surface area contributed by atoms with E-state index in [1.807, 2.05) is 0 Å². The minimum atomic E-state index is -0.762. The predicted molar refractivity (Wildman–Crippen MR) is 80.3 cm³/mol. The molecule has 1 rings (SSSR count). The van der Waals surface area contributed by atoms with Gasteiger partial charge < -0.3 is 10.1 Å². The minimum Gasteiger partial charge on any atom is -0.443 e. The fraction of sp³-hybridized carbons (Fsp3) is 0.385. The summed E-state index contributed by atoms with van der Waals surface area (Å²) in [7, 11) is 1.34. The quantitative estimate of drug-likeness (QED) is 0.752. The molecule has 6 nitrogen and oxygen atoms in total. The van der Waals surface area contributed by atoms with Crippen LogP contribution in [0.1, 0.15) is 20.8 Å². The van der Waals surface area contributed by atoms with Gasteiger partial charge in [0.2, 0.25) is 0 Å². The summed E-state index contributed by atoms with van der Waals surface area (Å²) in [5.74, 6) is -0.504. The summed E-state index contributed by atoms with van der Waals surface area (Å²) < 4.78 is 18.6. The highest BCUT2D eigenvalue weighted by molar-refractivity contribution is 9.10. The van der Waals surface area contributed by atoms with E-state index in [1.165, 1.54) is 19.2 Å². The molecule has 0 aromatic heterocycles. The number of nitrogens with one attached hydrogen (secondary N) is 2. The van der Waals surface area contributed by atoms with Crippen molar-refractivity contribution in [1.29, 1.82) is 0 Å². The summed E-state index contributed by atoms with van der Waals surface area (Å²) in [5, 5.41) is 3.34. The van der Waals surface area contributed by atoms with Crippen molar-refractivity contribution in [1.82, 2.24) is 10.4 Å². The molecule has 0 fully saturated rings. The number of rotatable bonds is 1. The molecule has 0 aliphatic heterocycles. The van der Waals surface area contributed by atoms with Crippen LogP contribution >= 0.6 is 15.9 Å².